The molecule has 0 aliphatic carbocycles. The van der Waals surface area contributed by atoms with Gasteiger partial charge in [0, 0.05) is 30.0 Å². The molecule has 0 unspecified atom stereocenters. The molecule has 4 heterocycles. The van der Waals surface area contributed by atoms with Crippen LogP contribution < -0.4 is 10.5 Å². The first-order valence-corrected chi connectivity index (χ1v) is 11.8. The number of halogens is 1. The third kappa shape index (κ3) is 3.42. The number of imidazole rings is 1. The van der Waals surface area contributed by atoms with Gasteiger partial charge in [0.05, 0.1) is 28.3 Å². The Morgan fingerprint density at radius 1 is 1.12 bits per heavy atom. The number of benzene rings is 2. The number of β-amino-alcohol motifs (C(OH)–C–C–N with tert-alkyl or cyclic N) is 1. The lowest BCUT2D eigenvalue weighted by atomic mass is 10.2. The smallest absolute Gasteiger partial charge is 0.275 e. The van der Waals surface area contributed by atoms with Crippen LogP contribution in [0.5, 0.6) is 0 Å². The van der Waals surface area contributed by atoms with Gasteiger partial charge in [0.1, 0.15) is 11.0 Å². The number of aryl methyl sites for hydroxylation is 1. The Labute approximate surface area is 198 Å². The molecule has 1 fully saturated rings. The van der Waals surface area contributed by atoms with E-state index in [1.807, 2.05) is 60.1 Å². The molecular formula is C24H20ClN5O2S. The number of rotatable bonds is 3. The first kappa shape index (κ1) is 20.4. The zero-order chi connectivity index (χ0) is 22.7. The largest absolute Gasteiger partial charge is 0.391 e. The number of hydrogen-bond acceptors (Lipinski definition) is 6. The van der Waals surface area contributed by atoms with E-state index in [0.29, 0.717) is 21.8 Å². The van der Waals surface area contributed by atoms with E-state index < -0.39 is 0 Å². The Morgan fingerprint density at radius 2 is 1.94 bits per heavy atom. The lowest BCUT2D eigenvalue weighted by Gasteiger charge is -2.16. The van der Waals surface area contributed by atoms with Crippen LogP contribution in [0.15, 0.2) is 59.7 Å². The van der Waals surface area contributed by atoms with E-state index in [2.05, 4.69) is 9.88 Å². The molecule has 33 heavy (non-hydrogen) atoms. The molecule has 1 saturated heterocycles. The Morgan fingerprint density at radius 3 is 2.70 bits per heavy atom. The summed E-state index contributed by atoms with van der Waals surface area (Å²) in [6.45, 7) is 1.36. The highest BCUT2D eigenvalue weighted by molar-refractivity contribution is 7.22. The Hall–Kier alpha value is -3.20. The molecular weight excluding hydrogens is 458 g/mol. The average Bonchev–Trinajstić information content (AvgIpc) is 3.52. The molecule has 1 aliphatic rings. The van der Waals surface area contributed by atoms with Crippen LogP contribution in [0.2, 0.25) is 5.02 Å². The van der Waals surface area contributed by atoms with E-state index in [4.69, 9.17) is 16.6 Å². The van der Waals surface area contributed by atoms with Crippen LogP contribution in [-0.4, -0.2) is 43.4 Å². The molecule has 0 saturated carbocycles. The first-order chi connectivity index (χ1) is 16.0. The molecule has 1 atom stereocenters. The number of aliphatic hydroxyl groups excluding tert-OH is 1. The number of fused-ring (bicyclic) bond motifs is 2. The zero-order valence-electron chi connectivity index (χ0n) is 17.8. The minimum absolute atomic E-state index is 0.102. The van der Waals surface area contributed by atoms with Crippen LogP contribution >= 0.6 is 22.9 Å². The average molecular weight is 478 g/mol. The van der Waals surface area contributed by atoms with E-state index in [-0.39, 0.29) is 11.7 Å². The van der Waals surface area contributed by atoms with Crippen molar-refractivity contribution in [2.45, 2.75) is 12.5 Å². The second kappa shape index (κ2) is 7.69. The van der Waals surface area contributed by atoms with Crippen molar-refractivity contribution in [1.82, 2.24) is 19.1 Å². The molecule has 7 nitrogen and oxygen atoms in total. The van der Waals surface area contributed by atoms with Gasteiger partial charge >= 0.3 is 0 Å². The Balaban J connectivity index is 1.42. The zero-order valence-corrected chi connectivity index (χ0v) is 19.3. The maximum atomic E-state index is 13.4. The summed E-state index contributed by atoms with van der Waals surface area (Å²) in [7, 11) is 1.96. The molecule has 5 aromatic rings. The van der Waals surface area contributed by atoms with Crippen molar-refractivity contribution in [2.24, 2.45) is 7.05 Å². The Bertz CT molecular complexity index is 1570. The van der Waals surface area contributed by atoms with Gasteiger partial charge in [0.25, 0.3) is 5.56 Å². The molecule has 0 bridgehead atoms. The summed E-state index contributed by atoms with van der Waals surface area (Å²) in [5.74, 6) is 0.825. The van der Waals surface area contributed by atoms with Gasteiger partial charge in [-0.2, -0.15) is 0 Å². The maximum absolute atomic E-state index is 13.4. The minimum atomic E-state index is -0.319. The van der Waals surface area contributed by atoms with Gasteiger partial charge in [-0.1, -0.05) is 23.7 Å². The lowest BCUT2D eigenvalue weighted by molar-refractivity contribution is 0.198. The summed E-state index contributed by atoms with van der Waals surface area (Å²) in [5.41, 5.74) is 4.09. The fourth-order valence-electron chi connectivity index (χ4n) is 4.37. The van der Waals surface area contributed by atoms with Crippen LogP contribution in [0.4, 0.5) is 5.95 Å². The van der Waals surface area contributed by atoms with Crippen molar-refractivity contribution in [3.8, 4) is 16.1 Å². The summed E-state index contributed by atoms with van der Waals surface area (Å²) < 4.78 is 4.20. The molecule has 1 N–H and O–H groups in total. The number of aromatic nitrogens is 4. The number of anilines is 1. The number of nitrogens with zero attached hydrogens (tertiary/aromatic N) is 5. The monoisotopic (exact) mass is 477 g/mol. The number of aliphatic hydroxyl groups is 1. The predicted molar refractivity (Wildman–Crippen MR) is 133 cm³/mol. The molecule has 0 spiro atoms. The van der Waals surface area contributed by atoms with Crippen LogP contribution in [0.25, 0.3) is 37.4 Å². The molecule has 3 aromatic heterocycles. The molecule has 166 valence electrons. The molecule has 1 aliphatic heterocycles. The number of hydrogen-bond donors (Lipinski definition) is 1. The van der Waals surface area contributed by atoms with Crippen molar-refractivity contribution in [2.75, 3.05) is 18.0 Å². The highest BCUT2D eigenvalue weighted by atomic mass is 35.5. The second-order valence-corrected chi connectivity index (χ2v) is 9.77. The highest BCUT2D eigenvalue weighted by Gasteiger charge is 2.24. The van der Waals surface area contributed by atoms with E-state index in [0.717, 1.165) is 46.1 Å². The highest BCUT2D eigenvalue weighted by Crippen LogP contribution is 2.32. The molecule has 2 aromatic carbocycles. The van der Waals surface area contributed by atoms with Crippen molar-refractivity contribution in [3.63, 3.8) is 0 Å². The normalized spacial score (nSPS) is 16.3. The van der Waals surface area contributed by atoms with Crippen LogP contribution in [-0.2, 0) is 7.05 Å². The van der Waals surface area contributed by atoms with Crippen molar-refractivity contribution < 1.29 is 5.11 Å². The SMILES string of the molecule is Cn1c(N2CC[C@H](O)C2)nc2ccc(-n3cnc4cc(-c5ccc(Cl)cc5)sc4c3=O)cc21. The molecule has 9 heteroatoms. The maximum Gasteiger partial charge on any atom is 0.275 e. The van der Waals surface area contributed by atoms with Gasteiger partial charge in [-0.15, -0.1) is 11.3 Å². The fourth-order valence-corrected chi connectivity index (χ4v) is 5.55. The van der Waals surface area contributed by atoms with Gasteiger partial charge in [0.2, 0.25) is 5.95 Å². The van der Waals surface area contributed by atoms with Crippen molar-refractivity contribution in [3.05, 3.63) is 70.2 Å². The molecule has 0 radical (unpaired) electrons. The third-order valence-corrected chi connectivity index (χ3v) is 7.55. The summed E-state index contributed by atoms with van der Waals surface area (Å²) >= 11 is 7.44. The van der Waals surface area contributed by atoms with E-state index >= 15 is 0 Å². The van der Waals surface area contributed by atoms with Gasteiger partial charge < -0.3 is 14.6 Å². The van der Waals surface area contributed by atoms with Gasteiger partial charge in [-0.25, -0.2) is 9.97 Å². The summed E-state index contributed by atoms with van der Waals surface area (Å²) in [4.78, 5) is 25.7. The van der Waals surface area contributed by atoms with Crippen molar-refractivity contribution in [1.29, 1.82) is 0 Å². The van der Waals surface area contributed by atoms with Gasteiger partial charge in [-0.3, -0.25) is 9.36 Å². The van der Waals surface area contributed by atoms with E-state index in [1.54, 1.807) is 10.9 Å². The fraction of sp³-hybridized carbons (Fsp3) is 0.208. The van der Waals surface area contributed by atoms with Crippen LogP contribution in [0, 0.1) is 0 Å². The first-order valence-electron chi connectivity index (χ1n) is 10.6. The summed E-state index contributed by atoms with van der Waals surface area (Å²) in [5, 5.41) is 10.6. The summed E-state index contributed by atoms with van der Waals surface area (Å²) in [6, 6.07) is 15.3. The standard InChI is InChI=1S/C24H20ClN5O2S/c1-28-20-10-16(6-7-18(20)27-24(28)29-9-8-17(31)12-29)30-13-26-19-11-21(33-22(19)23(30)32)14-2-4-15(25)5-3-14/h2-7,10-11,13,17,31H,8-9,12H2,1H3/t17-/m0/s1. The Kier molecular flexibility index (Phi) is 4.76. The quantitative estimate of drug-likeness (QED) is 0.421. The van der Waals surface area contributed by atoms with Gasteiger partial charge in [0.15, 0.2) is 0 Å². The second-order valence-electron chi connectivity index (χ2n) is 8.28. The molecule has 0 amide bonds. The van der Waals surface area contributed by atoms with E-state index in [1.165, 1.54) is 11.3 Å². The third-order valence-electron chi connectivity index (χ3n) is 6.13. The van der Waals surface area contributed by atoms with Crippen molar-refractivity contribution >= 4 is 50.1 Å². The topological polar surface area (TPSA) is 76.2 Å². The molecule has 6 rings (SSSR count). The van der Waals surface area contributed by atoms with Gasteiger partial charge in [-0.05, 0) is 48.4 Å². The number of thiophene rings is 1. The van der Waals surface area contributed by atoms with E-state index in [9.17, 15) is 9.90 Å². The predicted octanol–water partition coefficient (Wildman–Crippen LogP) is 4.23. The van der Waals surface area contributed by atoms with Crippen LogP contribution in [0.1, 0.15) is 6.42 Å². The lowest BCUT2D eigenvalue weighted by Crippen LogP contribution is -2.24. The van der Waals surface area contributed by atoms with Crippen LogP contribution in [0.3, 0.4) is 0 Å². The summed E-state index contributed by atoms with van der Waals surface area (Å²) in [6.07, 6.45) is 2.01. The minimum Gasteiger partial charge on any atom is -0.391 e.